The molecule has 4 nitrogen and oxygen atoms in total. The molecule has 0 heterocycles. The molecule has 0 spiro atoms. The molecule has 0 saturated carbocycles. The second-order valence-electron chi connectivity index (χ2n) is 11.1. The number of alkyl halides is 3. The van der Waals surface area contributed by atoms with Crippen LogP contribution in [0.1, 0.15) is 154 Å². The van der Waals surface area contributed by atoms with E-state index in [1.54, 1.807) is 6.07 Å². The van der Waals surface area contributed by atoms with E-state index >= 15 is 0 Å². The van der Waals surface area contributed by atoms with E-state index < -0.39 is 15.6 Å². The average Bonchev–Trinajstić information content (AvgIpc) is 2.89. The molecule has 0 radical (unpaired) electrons. The number of halogens is 3. The lowest BCUT2D eigenvalue weighted by Crippen LogP contribution is -2.28. The smallest absolute Gasteiger partial charge is 0.493 e. The zero-order chi connectivity index (χ0) is 29.5. The van der Waals surface area contributed by atoms with Gasteiger partial charge >= 0.3 is 15.6 Å². The standard InChI is InChI=1S/C32H55F3O4S/c1-3-5-7-9-11-13-14-15-16-17-18-20-22-24-29-26-30(38-25-23-21-19-12-10-8-6-4-2)28-31(27-29)39-40(36,37)32(33,34)35/h26-28H,3-25H2,1-2H3. The van der Waals surface area contributed by atoms with Crippen molar-refractivity contribution in [2.24, 2.45) is 0 Å². The van der Waals surface area contributed by atoms with Gasteiger partial charge in [-0.1, -0.05) is 136 Å². The van der Waals surface area contributed by atoms with Crippen LogP contribution in [0.15, 0.2) is 18.2 Å². The first-order chi connectivity index (χ1) is 19.2. The summed E-state index contributed by atoms with van der Waals surface area (Å²) in [5, 5.41) is 0. The van der Waals surface area contributed by atoms with Crippen LogP contribution in [0.4, 0.5) is 13.2 Å². The molecule has 1 aromatic rings. The van der Waals surface area contributed by atoms with Crippen LogP contribution in [-0.4, -0.2) is 20.5 Å². The number of benzene rings is 1. The van der Waals surface area contributed by atoms with Crippen LogP contribution in [-0.2, 0) is 16.5 Å². The third-order valence-corrected chi connectivity index (χ3v) is 8.24. The molecule has 0 N–H and O–H groups in total. The minimum absolute atomic E-state index is 0.350. The number of hydrogen-bond acceptors (Lipinski definition) is 4. The number of hydrogen-bond donors (Lipinski definition) is 0. The van der Waals surface area contributed by atoms with Gasteiger partial charge < -0.3 is 8.92 Å². The van der Waals surface area contributed by atoms with Crippen LogP contribution in [0.5, 0.6) is 11.5 Å². The molecular formula is C32H55F3O4S. The summed E-state index contributed by atoms with van der Waals surface area (Å²) >= 11 is 0. The highest BCUT2D eigenvalue weighted by molar-refractivity contribution is 7.88. The van der Waals surface area contributed by atoms with Crippen LogP contribution in [0.2, 0.25) is 0 Å². The van der Waals surface area contributed by atoms with Gasteiger partial charge in [-0.15, -0.1) is 0 Å². The lowest BCUT2D eigenvalue weighted by Gasteiger charge is -2.13. The fourth-order valence-corrected chi connectivity index (χ4v) is 5.30. The third-order valence-electron chi connectivity index (χ3n) is 7.26. The maximum atomic E-state index is 12.9. The van der Waals surface area contributed by atoms with Crippen molar-refractivity contribution < 1.29 is 30.5 Å². The van der Waals surface area contributed by atoms with E-state index in [9.17, 15) is 21.6 Å². The Hall–Kier alpha value is -1.44. The summed E-state index contributed by atoms with van der Waals surface area (Å²) in [5.74, 6) is -0.00189. The monoisotopic (exact) mass is 592 g/mol. The molecule has 8 heteroatoms. The van der Waals surface area contributed by atoms with Crippen LogP contribution in [0.3, 0.4) is 0 Å². The Labute approximate surface area is 242 Å². The highest BCUT2D eigenvalue weighted by Crippen LogP contribution is 2.31. The van der Waals surface area contributed by atoms with E-state index in [4.69, 9.17) is 4.74 Å². The van der Waals surface area contributed by atoms with Gasteiger partial charge in [0.15, 0.2) is 0 Å². The Balaban J connectivity index is 2.45. The van der Waals surface area contributed by atoms with Gasteiger partial charge in [0.1, 0.15) is 11.5 Å². The van der Waals surface area contributed by atoms with E-state index in [2.05, 4.69) is 18.0 Å². The van der Waals surface area contributed by atoms with Gasteiger partial charge in [-0.2, -0.15) is 21.6 Å². The molecule has 0 aliphatic rings. The molecule has 0 bridgehead atoms. The fourth-order valence-electron chi connectivity index (χ4n) is 4.85. The van der Waals surface area contributed by atoms with Gasteiger partial charge in [0.2, 0.25) is 0 Å². The average molecular weight is 593 g/mol. The largest absolute Gasteiger partial charge is 0.534 e. The summed E-state index contributed by atoms with van der Waals surface area (Å²) in [6, 6.07) is 4.41. The van der Waals surface area contributed by atoms with Gasteiger partial charge in [-0.05, 0) is 37.0 Å². The highest BCUT2D eigenvalue weighted by atomic mass is 32.2. The number of rotatable bonds is 26. The van der Waals surface area contributed by atoms with Crippen molar-refractivity contribution in [1.29, 1.82) is 0 Å². The summed E-state index contributed by atoms with van der Waals surface area (Å²) in [4.78, 5) is 0. The summed E-state index contributed by atoms with van der Waals surface area (Å²) in [6.45, 7) is 4.87. The molecule has 0 atom stereocenters. The molecule has 0 saturated heterocycles. The first-order valence-corrected chi connectivity index (χ1v) is 17.4. The van der Waals surface area contributed by atoms with E-state index in [-0.39, 0.29) is 5.75 Å². The van der Waals surface area contributed by atoms with Crippen LogP contribution in [0.25, 0.3) is 0 Å². The zero-order valence-corrected chi connectivity index (χ0v) is 26.0. The summed E-state index contributed by atoms with van der Waals surface area (Å²) in [7, 11) is -5.73. The molecule has 0 aliphatic carbocycles. The molecule has 1 aromatic carbocycles. The second-order valence-corrected chi connectivity index (χ2v) is 12.6. The molecule has 0 fully saturated rings. The van der Waals surface area contributed by atoms with Crippen LogP contribution in [0, 0.1) is 0 Å². The van der Waals surface area contributed by atoms with E-state index in [0.717, 1.165) is 44.1 Å². The minimum Gasteiger partial charge on any atom is -0.493 e. The molecule has 0 unspecified atom stereocenters. The molecule has 40 heavy (non-hydrogen) atoms. The molecule has 0 aliphatic heterocycles. The van der Waals surface area contributed by atoms with E-state index in [0.29, 0.717) is 18.8 Å². The highest BCUT2D eigenvalue weighted by Gasteiger charge is 2.48. The normalized spacial score (nSPS) is 12.1. The summed E-state index contributed by atoms with van der Waals surface area (Å²) in [6.07, 6.45) is 25.9. The van der Waals surface area contributed by atoms with E-state index in [1.807, 2.05) is 0 Å². The fraction of sp³-hybridized carbons (Fsp3) is 0.812. The van der Waals surface area contributed by atoms with Gasteiger partial charge in [0, 0.05) is 6.07 Å². The lowest BCUT2D eigenvalue weighted by molar-refractivity contribution is -0.0500. The van der Waals surface area contributed by atoms with Gasteiger partial charge in [0.25, 0.3) is 0 Å². The number of aryl methyl sites for hydroxylation is 1. The van der Waals surface area contributed by atoms with Crippen LogP contribution >= 0.6 is 0 Å². The minimum atomic E-state index is -5.73. The Bertz CT molecular complexity index is 856. The number of ether oxygens (including phenoxy) is 1. The van der Waals surface area contributed by atoms with Crippen molar-refractivity contribution in [3.8, 4) is 11.5 Å². The number of unbranched alkanes of at least 4 members (excludes halogenated alkanes) is 19. The third kappa shape index (κ3) is 18.1. The predicted molar refractivity (Wildman–Crippen MR) is 160 cm³/mol. The van der Waals surface area contributed by atoms with Crippen LogP contribution < -0.4 is 8.92 Å². The maximum absolute atomic E-state index is 12.9. The van der Waals surface area contributed by atoms with Crippen molar-refractivity contribution in [1.82, 2.24) is 0 Å². The predicted octanol–water partition coefficient (Wildman–Crippen LogP) is 11.1. The topological polar surface area (TPSA) is 52.6 Å². The van der Waals surface area contributed by atoms with Crippen molar-refractivity contribution in [3.63, 3.8) is 0 Å². The Kier molecular flexibility index (Phi) is 20.3. The molecule has 1 rings (SSSR count). The van der Waals surface area contributed by atoms with Gasteiger partial charge in [-0.25, -0.2) is 0 Å². The second kappa shape index (κ2) is 22.2. The molecule has 0 amide bonds. The zero-order valence-electron chi connectivity index (χ0n) is 25.2. The summed E-state index contributed by atoms with van der Waals surface area (Å²) in [5.41, 5.74) is -4.75. The van der Waals surface area contributed by atoms with Crippen molar-refractivity contribution in [2.45, 2.75) is 161 Å². The van der Waals surface area contributed by atoms with E-state index in [1.165, 1.54) is 108 Å². The summed E-state index contributed by atoms with van der Waals surface area (Å²) < 4.78 is 72.0. The lowest BCUT2D eigenvalue weighted by atomic mass is 10.0. The van der Waals surface area contributed by atoms with Gasteiger partial charge in [0.05, 0.1) is 6.61 Å². The Morgan fingerprint density at radius 3 is 1.43 bits per heavy atom. The Morgan fingerprint density at radius 2 is 0.975 bits per heavy atom. The SMILES string of the molecule is CCCCCCCCCCCCCCCc1cc(OCCCCCCCCCC)cc(OS(=O)(=O)C(F)(F)F)c1. The van der Waals surface area contributed by atoms with Gasteiger partial charge in [-0.3, -0.25) is 0 Å². The van der Waals surface area contributed by atoms with Crippen molar-refractivity contribution in [3.05, 3.63) is 23.8 Å². The molecule has 234 valence electrons. The van der Waals surface area contributed by atoms with Crippen molar-refractivity contribution >= 4 is 10.1 Å². The molecule has 0 aromatic heterocycles. The quantitative estimate of drug-likeness (QED) is 0.0610. The first kappa shape index (κ1) is 36.6. The molecular weight excluding hydrogens is 537 g/mol. The van der Waals surface area contributed by atoms with Crippen molar-refractivity contribution in [2.75, 3.05) is 6.61 Å². The maximum Gasteiger partial charge on any atom is 0.534 e. The Morgan fingerprint density at radius 1 is 0.575 bits per heavy atom. The first-order valence-electron chi connectivity index (χ1n) is 16.0.